The number of pyridine rings is 1. The predicted molar refractivity (Wildman–Crippen MR) is 103 cm³/mol. The predicted octanol–water partition coefficient (Wildman–Crippen LogP) is 2.52. The normalized spacial score (nSPS) is 11.0. The second kappa shape index (κ2) is 8.08. The molecule has 0 unspecified atom stereocenters. The van der Waals surface area contributed by atoms with Crippen molar-refractivity contribution in [2.45, 2.75) is 26.7 Å². The van der Waals surface area contributed by atoms with Crippen molar-refractivity contribution in [2.75, 3.05) is 13.1 Å². The molecule has 0 saturated heterocycles. The van der Waals surface area contributed by atoms with Gasteiger partial charge in [-0.25, -0.2) is 4.98 Å². The number of phenols is 1. The summed E-state index contributed by atoms with van der Waals surface area (Å²) in [4.78, 5) is 29.1. The molecule has 146 valence electrons. The van der Waals surface area contributed by atoms with Crippen LogP contribution in [0, 0.1) is 6.92 Å². The topological polar surface area (TPSA) is 117 Å². The lowest BCUT2D eigenvalue weighted by atomic mass is 10.0. The third kappa shape index (κ3) is 4.11. The van der Waals surface area contributed by atoms with Crippen molar-refractivity contribution in [1.29, 1.82) is 0 Å². The van der Waals surface area contributed by atoms with Gasteiger partial charge < -0.3 is 20.3 Å². The molecule has 0 radical (unpaired) electrons. The van der Waals surface area contributed by atoms with Crippen LogP contribution in [0.25, 0.3) is 11.1 Å². The second-order valence-corrected chi connectivity index (χ2v) is 6.76. The first-order valence-electron chi connectivity index (χ1n) is 8.99. The molecule has 8 nitrogen and oxygen atoms in total. The fourth-order valence-electron chi connectivity index (χ4n) is 2.75. The maximum absolute atomic E-state index is 12.7. The van der Waals surface area contributed by atoms with Crippen LogP contribution in [0.3, 0.4) is 0 Å². The molecule has 0 aliphatic carbocycles. The van der Waals surface area contributed by atoms with Gasteiger partial charge in [0, 0.05) is 24.3 Å². The van der Waals surface area contributed by atoms with Gasteiger partial charge in [-0.05, 0) is 43.2 Å². The molecular formula is C20H22N4O4. The van der Waals surface area contributed by atoms with E-state index in [1.165, 1.54) is 24.3 Å². The molecule has 8 heteroatoms. The summed E-state index contributed by atoms with van der Waals surface area (Å²) in [6.07, 6.45) is 0. The number of phenolic OH excluding ortho intramolecular Hbond substituents is 1. The Morgan fingerprint density at radius 3 is 2.39 bits per heavy atom. The minimum atomic E-state index is -0.280. The van der Waals surface area contributed by atoms with Gasteiger partial charge in [0.15, 0.2) is 0 Å². The van der Waals surface area contributed by atoms with Crippen molar-refractivity contribution in [2.24, 2.45) is 0 Å². The highest BCUT2D eigenvalue weighted by Crippen LogP contribution is 2.24. The molecule has 28 heavy (non-hydrogen) atoms. The zero-order valence-electron chi connectivity index (χ0n) is 15.9. The van der Waals surface area contributed by atoms with Crippen LogP contribution < -0.4 is 10.6 Å². The van der Waals surface area contributed by atoms with Crippen molar-refractivity contribution >= 4 is 22.9 Å². The molecule has 3 aromatic rings. The lowest BCUT2D eigenvalue weighted by Gasteiger charge is -2.10. The standard InChI is InChI=1S/C20H22N4O4/c1-11(2)16-10-15(17-12(3)24-28-20(17)23-16)19(27)22-9-8-21-18(26)13-4-6-14(25)7-5-13/h4-7,10-11,25H,8-9H2,1-3H3,(H,21,26)(H,22,27). The van der Waals surface area contributed by atoms with Gasteiger partial charge in [0.1, 0.15) is 5.75 Å². The van der Waals surface area contributed by atoms with Crippen LogP contribution in [-0.4, -0.2) is 40.2 Å². The van der Waals surface area contributed by atoms with Gasteiger partial charge in [-0.1, -0.05) is 19.0 Å². The van der Waals surface area contributed by atoms with Gasteiger partial charge in [0.05, 0.1) is 16.6 Å². The summed E-state index contributed by atoms with van der Waals surface area (Å²) in [5.41, 5.74) is 2.58. The maximum atomic E-state index is 12.7. The number of aryl methyl sites for hydroxylation is 1. The van der Waals surface area contributed by atoms with Gasteiger partial charge in [0.25, 0.3) is 17.5 Å². The molecule has 2 amide bonds. The van der Waals surface area contributed by atoms with Crippen molar-refractivity contribution in [1.82, 2.24) is 20.8 Å². The Morgan fingerprint density at radius 1 is 1.11 bits per heavy atom. The van der Waals surface area contributed by atoms with Crippen molar-refractivity contribution < 1.29 is 19.2 Å². The van der Waals surface area contributed by atoms with Crippen molar-refractivity contribution in [3.8, 4) is 5.75 Å². The number of hydrogen-bond donors (Lipinski definition) is 3. The van der Waals surface area contributed by atoms with E-state index in [2.05, 4.69) is 20.8 Å². The van der Waals surface area contributed by atoms with Crippen LogP contribution >= 0.6 is 0 Å². The van der Waals surface area contributed by atoms with E-state index in [1.807, 2.05) is 13.8 Å². The number of carbonyl (C=O) groups excluding carboxylic acids is 2. The summed E-state index contributed by atoms with van der Waals surface area (Å²) in [6, 6.07) is 7.69. The molecule has 0 fully saturated rings. The van der Waals surface area contributed by atoms with Gasteiger partial charge in [-0.15, -0.1) is 0 Å². The Hall–Kier alpha value is -3.42. The molecule has 0 atom stereocenters. The molecule has 0 spiro atoms. The molecule has 3 N–H and O–H groups in total. The molecule has 2 heterocycles. The van der Waals surface area contributed by atoms with E-state index in [9.17, 15) is 14.7 Å². The molecule has 1 aromatic carbocycles. The Morgan fingerprint density at radius 2 is 1.75 bits per heavy atom. The number of rotatable bonds is 6. The fourth-order valence-corrected chi connectivity index (χ4v) is 2.75. The zero-order chi connectivity index (χ0) is 20.3. The second-order valence-electron chi connectivity index (χ2n) is 6.76. The SMILES string of the molecule is Cc1noc2nc(C(C)C)cc(C(=O)NCCNC(=O)c3ccc(O)cc3)c12. The van der Waals surface area contributed by atoms with E-state index in [4.69, 9.17) is 4.52 Å². The minimum absolute atomic E-state index is 0.0947. The van der Waals surface area contributed by atoms with Crippen LogP contribution in [0.4, 0.5) is 0 Å². The molecule has 0 bridgehead atoms. The number of fused-ring (bicyclic) bond motifs is 1. The lowest BCUT2D eigenvalue weighted by Crippen LogP contribution is -2.34. The number of amides is 2. The average Bonchev–Trinajstić information content (AvgIpc) is 3.05. The van der Waals surface area contributed by atoms with E-state index >= 15 is 0 Å². The number of aromatic nitrogens is 2. The highest BCUT2D eigenvalue weighted by atomic mass is 16.5. The summed E-state index contributed by atoms with van der Waals surface area (Å²) in [5, 5.41) is 19.3. The van der Waals surface area contributed by atoms with Gasteiger partial charge in [0.2, 0.25) is 0 Å². The molecule has 2 aromatic heterocycles. The minimum Gasteiger partial charge on any atom is -0.508 e. The lowest BCUT2D eigenvalue weighted by molar-refractivity contribution is 0.0928. The Bertz CT molecular complexity index is 1010. The highest BCUT2D eigenvalue weighted by Gasteiger charge is 2.19. The first-order chi connectivity index (χ1) is 13.4. The molecule has 0 saturated carbocycles. The summed E-state index contributed by atoms with van der Waals surface area (Å²) in [7, 11) is 0. The van der Waals surface area contributed by atoms with E-state index in [-0.39, 0.29) is 36.6 Å². The van der Waals surface area contributed by atoms with Crippen LogP contribution in [0.5, 0.6) is 5.75 Å². The number of nitrogens with one attached hydrogen (secondary N) is 2. The van der Waals surface area contributed by atoms with E-state index < -0.39 is 0 Å². The Kier molecular flexibility index (Phi) is 5.58. The van der Waals surface area contributed by atoms with Crippen LogP contribution in [0.15, 0.2) is 34.9 Å². The van der Waals surface area contributed by atoms with Crippen molar-refractivity contribution in [3.05, 3.63) is 52.8 Å². The van der Waals surface area contributed by atoms with Crippen molar-refractivity contribution in [3.63, 3.8) is 0 Å². The fraction of sp³-hybridized carbons (Fsp3) is 0.300. The number of benzene rings is 1. The monoisotopic (exact) mass is 382 g/mol. The van der Waals surface area contributed by atoms with Gasteiger partial charge >= 0.3 is 0 Å². The number of hydrogen-bond acceptors (Lipinski definition) is 6. The van der Waals surface area contributed by atoms with Crippen LogP contribution in [-0.2, 0) is 0 Å². The average molecular weight is 382 g/mol. The quantitative estimate of drug-likeness (QED) is 0.564. The molecular weight excluding hydrogens is 360 g/mol. The zero-order valence-corrected chi connectivity index (χ0v) is 15.9. The Labute approximate surface area is 161 Å². The van der Waals surface area contributed by atoms with E-state index in [0.717, 1.165) is 5.69 Å². The molecule has 0 aliphatic rings. The smallest absolute Gasteiger partial charge is 0.259 e. The first kappa shape index (κ1) is 19.3. The molecule has 0 aliphatic heterocycles. The van der Waals surface area contributed by atoms with Gasteiger partial charge in [-0.2, -0.15) is 0 Å². The molecule has 3 rings (SSSR count). The summed E-state index contributed by atoms with van der Waals surface area (Å²) in [5.74, 6) is -0.333. The van der Waals surface area contributed by atoms with E-state index in [0.29, 0.717) is 27.9 Å². The van der Waals surface area contributed by atoms with Crippen LogP contribution in [0.2, 0.25) is 0 Å². The maximum Gasteiger partial charge on any atom is 0.259 e. The first-order valence-corrected chi connectivity index (χ1v) is 8.99. The van der Waals surface area contributed by atoms with Crippen LogP contribution in [0.1, 0.15) is 51.9 Å². The largest absolute Gasteiger partial charge is 0.508 e. The third-order valence-corrected chi connectivity index (χ3v) is 4.30. The summed E-state index contributed by atoms with van der Waals surface area (Å²) in [6.45, 7) is 6.25. The number of aromatic hydroxyl groups is 1. The van der Waals surface area contributed by atoms with Gasteiger partial charge in [-0.3, -0.25) is 9.59 Å². The summed E-state index contributed by atoms with van der Waals surface area (Å²) < 4.78 is 5.23. The number of nitrogens with zero attached hydrogens (tertiary/aromatic N) is 2. The Balaban J connectivity index is 1.64. The van der Waals surface area contributed by atoms with E-state index in [1.54, 1.807) is 13.0 Å². The third-order valence-electron chi connectivity index (χ3n) is 4.30. The highest BCUT2D eigenvalue weighted by molar-refractivity contribution is 6.06. The number of carbonyl (C=O) groups is 2. The summed E-state index contributed by atoms with van der Waals surface area (Å²) >= 11 is 0.